The minimum Gasteiger partial charge on any atom is -0.420 e. The van der Waals surface area contributed by atoms with Crippen molar-refractivity contribution in [1.29, 1.82) is 0 Å². The van der Waals surface area contributed by atoms with Crippen molar-refractivity contribution in [2.45, 2.75) is 51.2 Å². The molecular weight excluding hydrogens is 397 g/mol. The lowest BCUT2D eigenvalue weighted by molar-refractivity contribution is -0.224. The van der Waals surface area contributed by atoms with Gasteiger partial charge >= 0.3 is 6.09 Å². The van der Waals surface area contributed by atoms with E-state index in [0.29, 0.717) is 6.42 Å². The van der Waals surface area contributed by atoms with Gasteiger partial charge in [-0.05, 0) is 41.5 Å². The molecule has 0 aromatic heterocycles. The molecule has 22 heavy (non-hydrogen) atoms. The van der Waals surface area contributed by atoms with E-state index in [1.807, 2.05) is 31.2 Å². The summed E-state index contributed by atoms with van der Waals surface area (Å²) in [5.74, 6) is 0. The second-order valence-electron chi connectivity index (χ2n) is 5.27. The van der Waals surface area contributed by atoms with Gasteiger partial charge in [0, 0.05) is 28.7 Å². The predicted octanol–water partition coefficient (Wildman–Crippen LogP) is 3.97. The summed E-state index contributed by atoms with van der Waals surface area (Å²) in [5, 5.41) is 2.80. The van der Waals surface area contributed by atoms with E-state index in [1.54, 1.807) is 7.11 Å². The van der Waals surface area contributed by atoms with Gasteiger partial charge in [-0.15, -0.1) is 0 Å². The largest absolute Gasteiger partial charge is 0.420 e. The van der Waals surface area contributed by atoms with E-state index in [4.69, 9.17) is 14.2 Å². The molecule has 0 aliphatic heterocycles. The zero-order valence-corrected chi connectivity index (χ0v) is 15.0. The molecular formula is C16H22INO4. The van der Waals surface area contributed by atoms with Gasteiger partial charge in [-0.3, -0.25) is 0 Å². The first-order valence-electron chi connectivity index (χ1n) is 7.53. The number of nitrogens with one attached hydrogen (secondary N) is 1. The summed E-state index contributed by atoms with van der Waals surface area (Å²) in [5.41, 5.74) is 0.929. The number of carbonyl (C=O) groups is 1. The Kier molecular flexibility index (Phi) is 6.91. The summed E-state index contributed by atoms with van der Waals surface area (Å²) < 4.78 is 17.7. The number of hydrogen-bond donors (Lipinski definition) is 1. The molecule has 0 heterocycles. The monoisotopic (exact) mass is 419 g/mol. The number of alkyl carbamates (subject to hydrolysis) is 1. The van der Waals surface area contributed by atoms with Crippen molar-refractivity contribution < 1.29 is 19.0 Å². The standard InChI is InChI=1S/C16H22INO4/c1-3-6-14(22-16(19)18-11-9-10-11)21-15(20-2)12-7-4-5-8-13(12)17/h4-5,7-8,11,14-15H,3,6,9-10H2,1-2H3,(H,18,19)/t14-,15-/m0/s1. The number of methoxy groups -OCH3 is 1. The third-order valence-corrected chi connectivity index (χ3v) is 4.29. The molecule has 122 valence electrons. The van der Waals surface area contributed by atoms with E-state index in [2.05, 4.69) is 27.9 Å². The number of halogens is 1. The van der Waals surface area contributed by atoms with Gasteiger partial charge in [-0.1, -0.05) is 31.5 Å². The van der Waals surface area contributed by atoms with Crippen molar-refractivity contribution >= 4 is 28.7 Å². The molecule has 5 nitrogen and oxygen atoms in total. The summed E-state index contributed by atoms with van der Waals surface area (Å²) in [7, 11) is 1.58. The van der Waals surface area contributed by atoms with Crippen LogP contribution in [0.2, 0.25) is 0 Å². The van der Waals surface area contributed by atoms with Crippen LogP contribution in [0.1, 0.15) is 44.5 Å². The zero-order valence-electron chi connectivity index (χ0n) is 12.9. The smallest absolute Gasteiger partial charge is 0.409 e. The maximum absolute atomic E-state index is 11.8. The fourth-order valence-electron chi connectivity index (χ4n) is 2.00. The van der Waals surface area contributed by atoms with Crippen molar-refractivity contribution in [3.8, 4) is 0 Å². The highest BCUT2D eigenvalue weighted by molar-refractivity contribution is 14.1. The fourth-order valence-corrected chi connectivity index (χ4v) is 2.64. The molecule has 1 aromatic carbocycles. The van der Waals surface area contributed by atoms with Gasteiger partial charge in [-0.2, -0.15) is 0 Å². The van der Waals surface area contributed by atoms with Gasteiger partial charge in [0.2, 0.25) is 6.29 Å². The van der Waals surface area contributed by atoms with Crippen LogP contribution in [-0.4, -0.2) is 25.5 Å². The van der Waals surface area contributed by atoms with Crippen LogP contribution in [0.5, 0.6) is 0 Å². The van der Waals surface area contributed by atoms with Crippen LogP contribution >= 0.6 is 22.6 Å². The van der Waals surface area contributed by atoms with Crippen molar-refractivity contribution in [3.63, 3.8) is 0 Å². The molecule has 0 unspecified atom stereocenters. The summed E-state index contributed by atoms with van der Waals surface area (Å²) in [6.07, 6.45) is 1.93. The number of carbonyl (C=O) groups excluding carboxylic acids is 1. The third-order valence-electron chi connectivity index (χ3n) is 3.31. The fraction of sp³-hybridized carbons (Fsp3) is 0.562. The molecule has 0 saturated heterocycles. The second-order valence-corrected chi connectivity index (χ2v) is 6.43. The first kappa shape index (κ1) is 17.5. The summed E-state index contributed by atoms with van der Waals surface area (Å²) in [6.45, 7) is 2.02. The molecule has 1 aliphatic rings. The Balaban J connectivity index is 1.97. The lowest BCUT2D eigenvalue weighted by atomic mass is 10.2. The average Bonchev–Trinajstić information content (AvgIpc) is 3.29. The van der Waals surface area contributed by atoms with Gasteiger partial charge in [0.05, 0.1) is 0 Å². The number of rotatable bonds is 8. The molecule has 0 spiro atoms. The topological polar surface area (TPSA) is 56.8 Å². The molecule has 1 N–H and O–H groups in total. The number of benzene rings is 1. The maximum Gasteiger partial charge on any atom is 0.409 e. The van der Waals surface area contributed by atoms with Crippen LogP contribution in [0.3, 0.4) is 0 Å². The van der Waals surface area contributed by atoms with E-state index < -0.39 is 18.7 Å². The van der Waals surface area contributed by atoms with Crippen LogP contribution in [0, 0.1) is 3.57 Å². The van der Waals surface area contributed by atoms with E-state index in [1.165, 1.54) is 0 Å². The Morgan fingerprint density at radius 2 is 2.14 bits per heavy atom. The van der Waals surface area contributed by atoms with Crippen molar-refractivity contribution in [2.75, 3.05) is 7.11 Å². The van der Waals surface area contributed by atoms with Gasteiger partial charge < -0.3 is 19.5 Å². The van der Waals surface area contributed by atoms with Gasteiger partial charge in [0.25, 0.3) is 0 Å². The Hall–Kier alpha value is -0.860. The summed E-state index contributed by atoms with van der Waals surface area (Å²) in [4.78, 5) is 11.8. The minimum absolute atomic E-state index is 0.267. The average molecular weight is 419 g/mol. The molecule has 1 saturated carbocycles. The first-order chi connectivity index (χ1) is 10.6. The van der Waals surface area contributed by atoms with Crippen LogP contribution in [-0.2, 0) is 14.2 Å². The Morgan fingerprint density at radius 3 is 2.73 bits per heavy atom. The summed E-state index contributed by atoms with van der Waals surface area (Å²) >= 11 is 2.24. The Labute approximate surface area is 144 Å². The highest BCUT2D eigenvalue weighted by Gasteiger charge is 2.27. The minimum atomic E-state index is -0.621. The van der Waals surface area contributed by atoms with Crippen molar-refractivity contribution in [2.24, 2.45) is 0 Å². The molecule has 2 atom stereocenters. The van der Waals surface area contributed by atoms with E-state index >= 15 is 0 Å². The lowest BCUT2D eigenvalue weighted by Gasteiger charge is -2.24. The first-order valence-corrected chi connectivity index (χ1v) is 8.61. The molecule has 0 bridgehead atoms. The van der Waals surface area contributed by atoms with Crippen LogP contribution < -0.4 is 5.32 Å². The van der Waals surface area contributed by atoms with Crippen LogP contribution in [0.25, 0.3) is 0 Å². The van der Waals surface area contributed by atoms with Crippen LogP contribution in [0.15, 0.2) is 24.3 Å². The van der Waals surface area contributed by atoms with Gasteiger partial charge in [0.15, 0.2) is 6.29 Å². The van der Waals surface area contributed by atoms with Gasteiger partial charge in [0.1, 0.15) is 0 Å². The van der Waals surface area contributed by atoms with Crippen LogP contribution in [0.4, 0.5) is 4.79 Å². The molecule has 6 heteroatoms. The molecule has 1 amide bonds. The van der Waals surface area contributed by atoms with E-state index in [-0.39, 0.29) is 6.04 Å². The van der Waals surface area contributed by atoms with E-state index in [9.17, 15) is 4.79 Å². The Bertz CT molecular complexity index is 493. The van der Waals surface area contributed by atoms with Crippen molar-refractivity contribution in [3.05, 3.63) is 33.4 Å². The SMILES string of the molecule is CCC[C@H](OC(=O)NC1CC1)O[C@H](OC)c1ccccc1I. The number of hydrogen-bond acceptors (Lipinski definition) is 4. The maximum atomic E-state index is 11.8. The lowest BCUT2D eigenvalue weighted by Crippen LogP contribution is -2.32. The third kappa shape index (κ3) is 5.40. The summed E-state index contributed by atoms with van der Waals surface area (Å²) in [6, 6.07) is 8.09. The molecule has 1 aromatic rings. The Morgan fingerprint density at radius 1 is 1.41 bits per heavy atom. The quantitative estimate of drug-likeness (QED) is 0.512. The molecule has 2 rings (SSSR count). The van der Waals surface area contributed by atoms with Gasteiger partial charge in [-0.25, -0.2) is 4.79 Å². The normalized spacial score (nSPS) is 16.9. The zero-order chi connectivity index (χ0) is 15.9. The molecule has 0 radical (unpaired) electrons. The second kappa shape index (κ2) is 8.69. The highest BCUT2D eigenvalue weighted by atomic mass is 127. The van der Waals surface area contributed by atoms with Crippen molar-refractivity contribution in [1.82, 2.24) is 5.32 Å². The number of ether oxygens (including phenoxy) is 3. The predicted molar refractivity (Wildman–Crippen MR) is 91.3 cm³/mol. The molecule has 1 fully saturated rings. The molecule has 1 aliphatic carbocycles. The highest BCUT2D eigenvalue weighted by Crippen LogP contribution is 2.26. The van der Waals surface area contributed by atoms with E-state index in [0.717, 1.165) is 28.4 Å². The number of amides is 1.